The molecule has 2 rings (SSSR count). The number of non-ortho nitro benzene ring substituents is 1. The van der Waals surface area contributed by atoms with Crippen LogP contribution in [0.4, 0.5) is 22.7 Å². The van der Waals surface area contributed by atoms with E-state index in [0.717, 1.165) is 12.1 Å². The largest absolute Gasteiger partial charge is 0.493 e. The Morgan fingerprint density at radius 1 is 1.04 bits per heavy atom. The van der Waals surface area contributed by atoms with Crippen molar-refractivity contribution in [2.75, 3.05) is 0 Å². The first-order chi connectivity index (χ1) is 10.8. The van der Waals surface area contributed by atoms with Crippen LogP contribution in [0, 0.1) is 20.2 Å². The number of hydrogen-bond donors (Lipinski definition) is 3. The molecule has 2 aromatic rings. The molecule has 0 aliphatic rings. The lowest BCUT2D eigenvalue weighted by Gasteiger charge is -1.98. The molecule has 0 bridgehead atoms. The fraction of sp³-hybridized carbons (Fsp3) is 0. The summed E-state index contributed by atoms with van der Waals surface area (Å²) in [4.78, 5) is 45.7. The lowest BCUT2D eigenvalue weighted by atomic mass is 10.2. The Balaban J connectivity index is 2.52. The highest BCUT2D eigenvalue weighted by molar-refractivity contribution is 5.61. The monoisotopic (exact) mass is 322 g/mol. The normalized spacial score (nSPS) is 10.8. The quantitative estimate of drug-likeness (QED) is 0.423. The van der Waals surface area contributed by atoms with Gasteiger partial charge in [-0.25, -0.2) is 4.79 Å². The highest BCUT2D eigenvalue weighted by Gasteiger charge is 2.19. The lowest BCUT2D eigenvalue weighted by Crippen LogP contribution is -2.20. The maximum Gasteiger partial charge on any atom is 0.328 e. The fourth-order valence-corrected chi connectivity index (χ4v) is 1.52. The van der Waals surface area contributed by atoms with Crippen molar-refractivity contribution in [2.24, 2.45) is 10.2 Å². The van der Waals surface area contributed by atoms with Gasteiger partial charge in [-0.3, -0.25) is 35.0 Å². The van der Waals surface area contributed by atoms with Crippen LogP contribution < -0.4 is 11.2 Å². The van der Waals surface area contributed by atoms with E-state index in [1.165, 1.54) is 0 Å². The number of rotatable bonds is 4. The van der Waals surface area contributed by atoms with Gasteiger partial charge in [-0.2, -0.15) is 0 Å². The van der Waals surface area contributed by atoms with Crippen molar-refractivity contribution in [2.45, 2.75) is 0 Å². The van der Waals surface area contributed by atoms with Gasteiger partial charge < -0.3 is 5.11 Å². The van der Waals surface area contributed by atoms with E-state index >= 15 is 0 Å². The van der Waals surface area contributed by atoms with Gasteiger partial charge in [0.2, 0.25) is 11.6 Å². The van der Waals surface area contributed by atoms with Crippen molar-refractivity contribution in [3.05, 3.63) is 59.3 Å². The highest BCUT2D eigenvalue weighted by atomic mass is 16.6. The second kappa shape index (κ2) is 5.84. The third-order valence-corrected chi connectivity index (χ3v) is 2.52. The number of H-pyrrole nitrogens is 2. The molecule has 0 unspecified atom stereocenters. The Bertz CT molecular complexity index is 943. The SMILES string of the molecule is O=c1[nH]c(O)c(N=Nc2ccc([N+](=O)[O-])cc2[N+](=O)[O-])c(=O)[nH]1. The van der Waals surface area contributed by atoms with E-state index in [-0.39, 0.29) is 5.69 Å². The standard InChI is InChI=1S/C10H6N6O7/c17-8-7(9(18)12-10(19)11-8)14-13-5-2-1-4(15(20)21)3-6(5)16(22)23/h1-3H,(H3,11,12,17,18,19). The average Bonchev–Trinajstić information content (AvgIpc) is 2.45. The Kier molecular flexibility index (Phi) is 3.93. The first-order valence-corrected chi connectivity index (χ1v) is 5.69. The molecule has 0 aliphatic heterocycles. The Morgan fingerprint density at radius 3 is 2.30 bits per heavy atom. The highest BCUT2D eigenvalue weighted by Crippen LogP contribution is 2.32. The second-order valence-electron chi connectivity index (χ2n) is 3.99. The van der Waals surface area contributed by atoms with E-state index in [4.69, 9.17) is 0 Å². The summed E-state index contributed by atoms with van der Waals surface area (Å²) in [6.45, 7) is 0. The second-order valence-corrected chi connectivity index (χ2v) is 3.99. The molecule has 1 heterocycles. The van der Waals surface area contributed by atoms with Crippen LogP contribution in [0.3, 0.4) is 0 Å². The zero-order valence-electron chi connectivity index (χ0n) is 10.9. The third kappa shape index (κ3) is 3.23. The first-order valence-electron chi connectivity index (χ1n) is 5.69. The number of hydrogen-bond acceptors (Lipinski definition) is 9. The molecule has 0 fully saturated rings. The zero-order chi connectivity index (χ0) is 17.1. The molecule has 3 N–H and O–H groups in total. The number of aromatic amines is 2. The van der Waals surface area contributed by atoms with E-state index in [0.29, 0.717) is 6.07 Å². The number of aromatic hydroxyl groups is 1. The molecule has 0 amide bonds. The minimum absolute atomic E-state index is 0.384. The van der Waals surface area contributed by atoms with Crippen LogP contribution in [0.25, 0.3) is 0 Å². The summed E-state index contributed by atoms with van der Waals surface area (Å²) in [6.07, 6.45) is 0. The smallest absolute Gasteiger partial charge is 0.328 e. The number of nitro groups is 2. The minimum atomic E-state index is -1.07. The van der Waals surface area contributed by atoms with Gasteiger partial charge in [-0.15, -0.1) is 10.2 Å². The van der Waals surface area contributed by atoms with Crippen LogP contribution in [-0.4, -0.2) is 24.9 Å². The molecule has 1 aromatic heterocycles. The summed E-state index contributed by atoms with van der Waals surface area (Å²) >= 11 is 0. The maximum atomic E-state index is 11.4. The van der Waals surface area contributed by atoms with Crippen LogP contribution in [0.1, 0.15) is 0 Å². The number of nitro benzene ring substituents is 2. The van der Waals surface area contributed by atoms with E-state index in [2.05, 4.69) is 10.2 Å². The Hall–Kier alpha value is -3.90. The van der Waals surface area contributed by atoms with Crippen LogP contribution >= 0.6 is 0 Å². The molecule has 23 heavy (non-hydrogen) atoms. The van der Waals surface area contributed by atoms with E-state index < -0.39 is 44.0 Å². The molecule has 118 valence electrons. The van der Waals surface area contributed by atoms with Gasteiger partial charge in [0.1, 0.15) is 0 Å². The third-order valence-electron chi connectivity index (χ3n) is 2.52. The van der Waals surface area contributed by atoms with Crippen molar-refractivity contribution >= 4 is 22.7 Å². The van der Waals surface area contributed by atoms with E-state index in [9.17, 15) is 34.9 Å². The number of benzene rings is 1. The molecular weight excluding hydrogens is 316 g/mol. The predicted molar refractivity (Wildman–Crippen MR) is 73.3 cm³/mol. The molecule has 1 aromatic carbocycles. The number of azo groups is 1. The van der Waals surface area contributed by atoms with Crippen molar-refractivity contribution < 1.29 is 15.0 Å². The lowest BCUT2D eigenvalue weighted by molar-refractivity contribution is -0.393. The van der Waals surface area contributed by atoms with Gasteiger partial charge >= 0.3 is 11.4 Å². The van der Waals surface area contributed by atoms with Crippen molar-refractivity contribution in [1.82, 2.24) is 9.97 Å². The summed E-state index contributed by atoms with van der Waals surface area (Å²) < 4.78 is 0. The molecule has 0 atom stereocenters. The average molecular weight is 322 g/mol. The Morgan fingerprint density at radius 2 is 1.74 bits per heavy atom. The van der Waals surface area contributed by atoms with Gasteiger partial charge in [-0.05, 0) is 6.07 Å². The molecule has 0 aliphatic carbocycles. The number of nitrogens with zero attached hydrogens (tertiary/aromatic N) is 4. The summed E-state index contributed by atoms with van der Waals surface area (Å²) in [5.41, 5.74) is -4.36. The summed E-state index contributed by atoms with van der Waals surface area (Å²) in [6, 6.07) is 2.58. The number of nitrogens with one attached hydrogen (secondary N) is 2. The summed E-state index contributed by atoms with van der Waals surface area (Å²) in [5, 5.41) is 37.6. The fourth-order valence-electron chi connectivity index (χ4n) is 1.52. The number of aromatic nitrogens is 2. The molecule has 0 saturated carbocycles. The molecule has 0 saturated heterocycles. The van der Waals surface area contributed by atoms with Crippen LogP contribution in [0.2, 0.25) is 0 Å². The molecule has 0 radical (unpaired) electrons. The summed E-state index contributed by atoms with van der Waals surface area (Å²) in [7, 11) is 0. The van der Waals surface area contributed by atoms with Gasteiger partial charge in [0.15, 0.2) is 5.69 Å². The van der Waals surface area contributed by atoms with Crippen molar-refractivity contribution in [3.63, 3.8) is 0 Å². The predicted octanol–water partition coefficient (Wildman–Crippen LogP) is 1.00. The van der Waals surface area contributed by atoms with Crippen molar-refractivity contribution in [1.29, 1.82) is 0 Å². The van der Waals surface area contributed by atoms with Crippen LogP contribution in [0.15, 0.2) is 38.0 Å². The van der Waals surface area contributed by atoms with Crippen molar-refractivity contribution in [3.8, 4) is 5.88 Å². The first kappa shape index (κ1) is 15.5. The zero-order valence-corrected chi connectivity index (χ0v) is 10.9. The molecular formula is C10H6N6O7. The minimum Gasteiger partial charge on any atom is -0.493 e. The Labute approximate surface area is 124 Å². The van der Waals surface area contributed by atoms with Gasteiger partial charge in [0.05, 0.1) is 15.9 Å². The summed E-state index contributed by atoms with van der Waals surface area (Å²) in [5.74, 6) is -0.882. The van der Waals surface area contributed by atoms with Gasteiger partial charge in [0, 0.05) is 6.07 Å². The van der Waals surface area contributed by atoms with Crippen LogP contribution in [0.5, 0.6) is 5.88 Å². The maximum absolute atomic E-state index is 11.4. The van der Waals surface area contributed by atoms with Crippen LogP contribution in [-0.2, 0) is 0 Å². The van der Waals surface area contributed by atoms with E-state index in [1.807, 2.05) is 4.98 Å². The molecule has 0 spiro atoms. The van der Waals surface area contributed by atoms with E-state index in [1.54, 1.807) is 4.98 Å². The van der Waals surface area contributed by atoms with Gasteiger partial charge in [-0.1, -0.05) is 0 Å². The molecule has 13 heteroatoms. The van der Waals surface area contributed by atoms with Gasteiger partial charge in [0.25, 0.3) is 11.2 Å². The topological polar surface area (TPSA) is 197 Å². The molecule has 13 nitrogen and oxygen atoms in total.